The van der Waals surface area contributed by atoms with Crippen LogP contribution in [0.15, 0.2) is 363 Å². The van der Waals surface area contributed by atoms with Gasteiger partial charge in [0.15, 0.2) is 0 Å². The maximum absolute atomic E-state index is 9.76. The molecule has 16 aromatic rings. The first-order valence-corrected chi connectivity index (χ1v) is 26.6. The Bertz CT molecular complexity index is 7590. The van der Waals surface area contributed by atoms with Gasteiger partial charge in [0.2, 0.25) is 0 Å². The smallest absolute Gasteiger partial charge is 0.0651 e. The second kappa shape index (κ2) is 23.7. The van der Waals surface area contributed by atoms with Gasteiger partial charge in [0.1, 0.15) is 0 Å². The van der Waals surface area contributed by atoms with Crippen molar-refractivity contribution in [3.05, 3.63) is 363 Å². The topological polar surface area (TPSA) is 16.3 Å². The van der Waals surface area contributed by atoms with E-state index in [1.54, 1.807) is 42.5 Å². The third-order valence-corrected chi connectivity index (χ3v) is 13.7. The van der Waals surface area contributed by atoms with E-state index in [1.165, 1.54) is 0 Å². The number of benzene rings is 14. The number of aromatic nitrogens is 2. The minimum Gasteiger partial charge on any atom is -0.310 e. The van der Waals surface area contributed by atoms with Crippen molar-refractivity contribution in [3.63, 3.8) is 0 Å². The van der Waals surface area contributed by atoms with E-state index in [9.17, 15) is 15.1 Å². The van der Waals surface area contributed by atoms with Crippen LogP contribution in [0.3, 0.4) is 0 Å². The summed E-state index contributed by atoms with van der Waals surface area (Å²) in [6.07, 6.45) is 0. The van der Waals surface area contributed by atoms with E-state index < -0.39 is 344 Å². The highest BCUT2D eigenvalue weighted by molar-refractivity contribution is 6.12. The monoisotopic (exact) mass is 1170 g/mol. The highest BCUT2D eigenvalue weighted by Crippen LogP contribution is 2.42. The molecule has 0 atom stereocenters. The molecule has 0 aliphatic heterocycles. The molecule has 0 radical (unpaired) electrons. The van der Waals surface area contributed by atoms with E-state index in [0.717, 1.165) is 32.4 Å². The highest BCUT2D eigenvalue weighted by atomic mass is 15.1. The molecule has 0 saturated heterocycles. The standard InChI is InChI=1S/2C42H30N2/c2*1-4-13-31(14-5-1)32-23-26-37(27-24-32)43(35-16-6-2-7-17-35)38-20-12-15-33(29-38)34-25-28-42-40(30-34)39-21-10-11-22-41(39)44(42)36-18-8-3-9-19-36/h2*1-30H/i1D,2D,3D,4D,5D,6D,7D,8D,9D,10D,11D,12D,13D,14D,15D,16D,17D,18D,19D,20D,21D,22D,23D,24D,25D,26D,27D,28D,29D,30D;2D,6D,7D,12D,15D,16D,17D,20D,23D,24D,26D,27D,29D. The van der Waals surface area contributed by atoms with Crippen molar-refractivity contribution in [1.29, 1.82) is 0 Å². The Kier molecular flexibility index (Phi) is 6.56. The molecule has 14 aromatic carbocycles. The van der Waals surface area contributed by atoms with Gasteiger partial charge < -0.3 is 18.9 Å². The summed E-state index contributed by atoms with van der Waals surface area (Å²) in [5.74, 6) is 0. The maximum Gasteiger partial charge on any atom is 0.0651 e. The average Bonchev–Trinajstić information content (AvgIpc) is 1.58. The van der Waals surface area contributed by atoms with E-state index >= 15 is 0 Å². The van der Waals surface area contributed by atoms with Gasteiger partial charge in [-0.1, -0.05) is 230 Å². The normalized spacial score (nSPS) is 18.0. The number of anilines is 6. The maximum atomic E-state index is 9.76. The van der Waals surface area contributed by atoms with Crippen LogP contribution in [0.2, 0.25) is 0 Å². The van der Waals surface area contributed by atoms with Gasteiger partial charge in [0.05, 0.1) is 81.0 Å². The van der Waals surface area contributed by atoms with Crippen LogP contribution >= 0.6 is 0 Å². The summed E-state index contributed by atoms with van der Waals surface area (Å²) in [6.45, 7) is 0. The molecule has 416 valence electrons. The van der Waals surface area contributed by atoms with E-state index in [1.807, 2.05) is 60.7 Å². The molecule has 16 rings (SSSR count). The van der Waals surface area contributed by atoms with Crippen molar-refractivity contribution in [2.24, 2.45) is 0 Å². The van der Waals surface area contributed by atoms with Crippen molar-refractivity contribution < 1.29 is 58.9 Å². The van der Waals surface area contributed by atoms with E-state index in [4.69, 9.17) is 43.9 Å². The number of rotatable bonds is 12. The predicted molar refractivity (Wildman–Crippen MR) is 373 cm³/mol. The van der Waals surface area contributed by atoms with Gasteiger partial charge in [-0.3, -0.25) is 0 Å². The zero-order valence-electron chi connectivity index (χ0n) is 88.1. The van der Waals surface area contributed by atoms with Crippen molar-refractivity contribution in [2.45, 2.75) is 0 Å². The molecule has 0 aliphatic carbocycles. The first kappa shape index (κ1) is 24.3. The SMILES string of the molecule is [2H]c1c([2H])c([2H])c(-c2c([2H])c([2H])c(N(c3c([2H])c([2H])c([2H])c([2H])c3[2H])c3c([2H])c([2H])c([2H])c(-c4c([2H])c([2H])c5c(c4[2H])c4c([2H])c([2H])c([2H])c([2H])c4n5-c4c([2H])c([2H])c([2H])c([2H])c4[2H])c3[2H])c([2H])c2[2H])c([2H])c1[2H].[2H]c1c([2H])c([2H])c(N(c2c([2H])c([2H])c(-c3ccccc3)c([2H])c2[2H])c2c([2H])c([2H])c([2H])c(-c3ccc4c(c3)c3ccccc3n4-c3ccccc3)c2[2H])c([2H])c1[2H]. The zero-order valence-corrected chi connectivity index (χ0v) is 45.1. The Balaban J connectivity index is 0.000000207. The van der Waals surface area contributed by atoms with E-state index in [-0.39, 0.29) is 11.1 Å². The largest absolute Gasteiger partial charge is 0.310 e. The summed E-state index contributed by atoms with van der Waals surface area (Å²) in [5, 5.41) is 0.319. The van der Waals surface area contributed by atoms with E-state index in [2.05, 4.69) is 4.57 Å². The van der Waals surface area contributed by atoms with Crippen molar-refractivity contribution >= 4 is 77.7 Å². The van der Waals surface area contributed by atoms with Crippen LogP contribution in [0, 0.1) is 0 Å². The Hall–Kier alpha value is -11.7. The van der Waals surface area contributed by atoms with Gasteiger partial charge in [-0.05, 0) is 178 Å². The third-order valence-electron chi connectivity index (χ3n) is 13.7. The minimum atomic E-state index is -1.27. The Morgan fingerprint density at radius 2 is 0.648 bits per heavy atom. The van der Waals surface area contributed by atoms with Gasteiger partial charge in [-0.15, -0.1) is 0 Å². The van der Waals surface area contributed by atoms with Crippen LogP contribution in [-0.4, -0.2) is 9.13 Å². The fourth-order valence-corrected chi connectivity index (χ4v) is 9.83. The summed E-state index contributed by atoms with van der Waals surface area (Å²) >= 11 is 0. The zero-order chi connectivity index (χ0) is 96.0. The summed E-state index contributed by atoms with van der Waals surface area (Å²) in [7, 11) is 0. The van der Waals surface area contributed by atoms with Crippen LogP contribution in [0.4, 0.5) is 34.1 Å². The highest BCUT2D eigenvalue weighted by Gasteiger charge is 2.19. The number of nitrogens with zero attached hydrogens (tertiary/aromatic N) is 4. The Morgan fingerprint density at radius 1 is 0.216 bits per heavy atom. The Labute approximate surface area is 574 Å². The van der Waals surface area contributed by atoms with Crippen LogP contribution in [0.5, 0.6) is 0 Å². The molecule has 0 spiro atoms. The van der Waals surface area contributed by atoms with Crippen molar-refractivity contribution in [1.82, 2.24) is 9.13 Å². The van der Waals surface area contributed by atoms with Crippen molar-refractivity contribution in [3.8, 4) is 55.9 Å². The number of hydrogen-bond acceptors (Lipinski definition) is 2. The van der Waals surface area contributed by atoms with Crippen LogP contribution < -0.4 is 9.80 Å². The third kappa shape index (κ3) is 10.4. The number of hydrogen-bond donors (Lipinski definition) is 0. The first-order chi connectivity index (χ1) is 61.6. The average molecular weight is 1170 g/mol. The molecule has 0 unspecified atom stereocenters. The lowest BCUT2D eigenvalue weighted by Crippen LogP contribution is -2.09. The van der Waals surface area contributed by atoms with Crippen LogP contribution in [-0.2, 0) is 0 Å². The van der Waals surface area contributed by atoms with Gasteiger partial charge >= 0.3 is 0 Å². The van der Waals surface area contributed by atoms with Gasteiger partial charge in [0, 0.05) is 67.0 Å². The lowest BCUT2D eigenvalue weighted by Gasteiger charge is -2.26. The second-order valence-electron chi connectivity index (χ2n) is 18.8. The quantitative estimate of drug-likeness (QED) is 0.121. The van der Waals surface area contributed by atoms with Crippen LogP contribution in [0.1, 0.15) is 58.9 Å². The fraction of sp³-hybridized carbons (Fsp3) is 0. The summed E-state index contributed by atoms with van der Waals surface area (Å²) < 4.78 is 384. The molecular weight excluding hydrogens is 1060 g/mol. The van der Waals surface area contributed by atoms with Crippen molar-refractivity contribution in [2.75, 3.05) is 9.80 Å². The molecule has 0 fully saturated rings. The predicted octanol–water partition coefficient (Wildman–Crippen LogP) is 23.2. The van der Waals surface area contributed by atoms with Gasteiger partial charge in [0.25, 0.3) is 0 Å². The second-order valence-corrected chi connectivity index (χ2v) is 18.8. The van der Waals surface area contributed by atoms with Crippen LogP contribution in [0.25, 0.3) is 99.5 Å². The first-order valence-electron chi connectivity index (χ1n) is 48.1. The minimum absolute atomic E-state index is 0.0566. The summed E-state index contributed by atoms with van der Waals surface area (Å²) in [4.78, 5) is 1.10. The number of para-hydroxylation sites is 6. The lowest BCUT2D eigenvalue weighted by molar-refractivity contribution is 1.18. The van der Waals surface area contributed by atoms with E-state index in [0.29, 0.717) is 20.6 Å². The Morgan fingerprint density at radius 3 is 1.28 bits per heavy atom. The lowest BCUT2D eigenvalue weighted by atomic mass is 10.0. The molecule has 0 bridgehead atoms. The molecule has 2 aromatic heterocycles. The molecule has 0 N–H and O–H groups in total. The molecule has 4 heteroatoms. The molecule has 88 heavy (non-hydrogen) atoms. The number of fused-ring (bicyclic) bond motifs is 6. The van der Waals surface area contributed by atoms with Gasteiger partial charge in [-0.2, -0.15) is 0 Å². The van der Waals surface area contributed by atoms with Gasteiger partial charge in [-0.25, -0.2) is 0 Å². The molecular formula is C84H60N4. The summed E-state index contributed by atoms with van der Waals surface area (Å²) in [6, 6.07) is -9.13. The molecule has 0 saturated carbocycles. The molecule has 2 heterocycles. The summed E-state index contributed by atoms with van der Waals surface area (Å²) in [5.41, 5.74) is -7.90. The molecule has 4 nitrogen and oxygen atoms in total. The molecule has 0 aliphatic rings. The molecule has 0 amide bonds. The fourth-order valence-electron chi connectivity index (χ4n) is 9.83.